The molecule has 0 N–H and O–H groups in total. The zero-order valence-corrected chi connectivity index (χ0v) is 14.0. The number of nitrogens with zero attached hydrogens (tertiary/aromatic N) is 3. The van der Waals surface area contributed by atoms with E-state index >= 15 is 0 Å². The highest BCUT2D eigenvalue weighted by Gasteiger charge is 2.08. The van der Waals surface area contributed by atoms with Gasteiger partial charge in [0.1, 0.15) is 0 Å². The quantitative estimate of drug-likeness (QED) is 0.652. The van der Waals surface area contributed by atoms with Gasteiger partial charge in [0.2, 0.25) is 11.8 Å². The smallest absolute Gasteiger partial charge is 0.226 e. The van der Waals surface area contributed by atoms with Crippen LogP contribution in [0.5, 0.6) is 0 Å². The maximum atomic E-state index is 5.69. The molecule has 0 bridgehead atoms. The van der Waals surface area contributed by atoms with Crippen molar-refractivity contribution in [2.75, 3.05) is 0 Å². The first-order chi connectivity index (χ1) is 10.8. The number of thiazole rings is 1. The van der Waals surface area contributed by atoms with Crippen molar-refractivity contribution < 1.29 is 4.42 Å². The molecule has 0 saturated heterocycles. The average molecular weight is 331 g/mol. The zero-order valence-electron chi connectivity index (χ0n) is 12.4. The summed E-state index contributed by atoms with van der Waals surface area (Å²) in [6.07, 6.45) is 1.69. The van der Waals surface area contributed by atoms with E-state index < -0.39 is 0 Å². The van der Waals surface area contributed by atoms with Crippen LogP contribution in [-0.4, -0.2) is 15.2 Å². The molecule has 114 valence electrons. The predicted molar refractivity (Wildman–Crippen MR) is 90.0 cm³/mol. The van der Waals surface area contributed by atoms with Crippen LogP contribution in [0.2, 0.25) is 0 Å². The predicted octanol–water partition coefficient (Wildman–Crippen LogP) is 4.11. The third-order valence-corrected chi connectivity index (χ3v) is 5.08. The lowest BCUT2D eigenvalue weighted by molar-refractivity contribution is 0.474. The topological polar surface area (TPSA) is 51.8 Å². The van der Waals surface area contributed by atoms with Crippen molar-refractivity contribution in [2.45, 2.75) is 31.3 Å². The largest absolute Gasteiger partial charge is 0.424 e. The Balaban J connectivity index is 1.49. The molecule has 4 nitrogen and oxygen atoms in total. The molecule has 2 aromatic heterocycles. The van der Waals surface area contributed by atoms with Gasteiger partial charge < -0.3 is 4.42 Å². The first kappa shape index (κ1) is 15.2. The Labute approximate surface area is 138 Å². The zero-order chi connectivity index (χ0) is 15.2. The molecular weight excluding hydrogens is 314 g/mol. The van der Waals surface area contributed by atoms with Gasteiger partial charge >= 0.3 is 0 Å². The van der Waals surface area contributed by atoms with Crippen LogP contribution in [0.1, 0.15) is 35.0 Å². The Morgan fingerprint density at radius 3 is 2.68 bits per heavy atom. The van der Waals surface area contributed by atoms with Gasteiger partial charge in [-0.25, -0.2) is 4.98 Å². The van der Waals surface area contributed by atoms with Gasteiger partial charge in [0.15, 0.2) is 0 Å². The monoisotopic (exact) mass is 331 g/mol. The van der Waals surface area contributed by atoms with Gasteiger partial charge in [-0.2, -0.15) is 0 Å². The highest BCUT2D eigenvalue weighted by molar-refractivity contribution is 7.97. The minimum Gasteiger partial charge on any atom is -0.424 e. The number of hydrogen-bond donors (Lipinski definition) is 0. The number of thioether (sulfide) groups is 1. The minimum atomic E-state index is 0.670. The highest BCUT2D eigenvalue weighted by Crippen LogP contribution is 2.19. The summed E-state index contributed by atoms with van der Waals surface area (Å²) in [6, 6.07) is 10.2. The van der Waals surface area contributed by atoms with Crippen molar-refractivity contribution >= 4 is 23.1 Å². The maximum absolute atomic E-state index is 5.69. The van der Waals surface area contributed by atoms with E-state index in [1.54, 1.807) is 23.1 Å². The molecular formula is C16H17N3OS2. The number of aryl methyl sites for hydroxylation is 1. The molecule has 0 radical (unpaired) electrons. The first-order valence-electron chi connectivity index (χ1n) is 7.19. The second-order valence-corrected chi connectivity index (χ2v) is 6.76. The van der Waals surface area contributed by atoms with Crippen molar-refractivity contribution in [3.8, 4) is 0 Å². The van der Waals surface area contributed by atoms with E-state index in [1.165, 1.54) is 10.6 Å². The maximum Gasteiger partial charge on any atom is 0.226 e. The standard InChI is InChI=1S/C16H17N3OS2/c1-2-16-17-13(10-22-16)9-21-11-15-19-18-14(20-15)8-12-6-4-3-5-7-12/h3-7,10H,2,8-9,11H2,1H3. The van der Waals surface area contributed by atoms with Crippen LogP contribution in [-0.2, 0) is 24.3 Å². The average Bonchev–Trinajstić information content (AvgIpc) is 3.18. The van der Waals surface area contributed by atoms with Gasteiger partial charge in [-0.05, 0) is 12.0 Å². The number of rotatable bonds is 7. The Hall–Kier alpha value is -1.66. The molecule has 3 aromatic rings. The van der Waals surface area contributed by atoms with Crippen molar-refractivity contribution in [1.82, 2.24) is 15.2 Å². The Bertz CT molecular complexity index is 709. The molecule has 0 amide bonds. The van der Waals surface area contributed by atoms with Crippen LogP contribution in [0.15, 0.2) is 40.1 Å². The molecule has 0 spiro atoms. The van der Waals surface area contributed by atoms with Gasteiger partial charge in [-0.15, -0.1) is 33.3 Å². The van der Waals surface area contributed by atoms with Gasteiger partial charge in [0.25, 0.3) is 0 Å². The molecule has 22 heavy (non-hydrogen) atoms. The summed E-state index contributed by atoms with van der Waals surface area (Å²) in [4.78, 5) is 4.55. The lowest BCUT2D eigenvalue weighted by atomic mass is 10.2. The van der Waals surface area contributed by atoms with Crippen molar-refractivity contribution in [1.29, 1.82) is 0 Å². The third kappa shape index (κ3) is 4.18. The Morgan fingerprint density at radius 2 is 1.91 bits per heavy atom. The third-order valence-electron chi connectivity index (χ3n) is 3.08. The fourth-order valence-electron chi connectivity index (χ4n) is 2.01. The van der Waals surface area contributed by atoms with Crippen molar-refractivity contribution in [3.63, 3.8) is 0 Å². The molecule has 6 heteroatoms. The molecule has 0 aliphatic carbocycles. The molecule has 2 heterocycles. The summed E-state index contributed by atoms with van der Waals surface area (Å²) in [5.74, 6) is 2.96. The molecule has 0 aliphatic rings. The second-order valence-electron chi connectivity index (χ2n) is 4.83. The summed E-state index contributed by atoms with van der Waals surface area (Å²) in [7, 11) is 0. The fourth-order valence-corrected chi connectivity index (χ4v) is 3.61. The van der Waals surface area contributed by atoms with Gasteiger partial charge in [-0.3, -0.25) is 0 Å². The summed E-state index contributed by atoms with van der Waals surface area (Å²) in [5.41, 5.74) is 2.32. The van der Waals surface area contributed by atoms with Crippen molar-refractivity contribution in [3.05, 3.63) is 63.8 Å². The van der Waals surface area contributed by atoms with E-state index in [0.29, 0.717) is 18.2 Å². The number of benzene rings is 1. The molecule has 1 aromatic carbocycles. The van der Waals surface area contributed by atoms with Gasteiger partial charge in [-0.1, -0.05) is 37.3 Å². The fraction of sp³-hybridized carbons (Fsp3) is 0.312. The van der Waals surface area contributed by atoms with Crippen LogP contribution in [0.3, 0.4) is 0 Å². The van der Waals surface area contributed by atoms with Crippen LogP contribution < -0.4 is 0 Å². The molecule has 0 fully saturated rings. The van der Waals surface area contributed by atoms with E-state index in [4.69, 9.17) is 4.42 Å². The van der Waals surface area contributed by atoms with Gasteiger partial charge in [0.05, 0.1) is 22.9 Å². The lowest BCUT2D eigenvalue weighted by Gasteiger charge is -1.96. The van der Waals surface area contributed by atoms with Crippen LogP contribution in [0, 0.1) is 0 Å². The summed E-state index contributed by atoms with van der Waals surface area (Å²) >= 11 is 3.48. The minimum absolute atomic E-state index is 0.670. The van der Waals surface area contributed by atoms with E-state index in [-0.39, 0.29) is 0 Å². The number of hydrogen-bond acceptors (Lipinski definition) is 6. The van der Waals surface area contributed by atoms with E-state index in [0.717, 1.165) is 23.6 Å². The second kappa shape index (κ2) is 7.56. The Morgan fingerprint density at radius 1 is 1.09 bits per heavy atom. The van der Waals surface area contributed by atoms with Crippen LogP contribution in [0.4, 0.5) is 0 Å². The summed E-state index contributed by atoms with van der Waals surface area (Å²) in [5, 5.41) is 11.5. The molecule has 0 atom stereocenters. The van der Waals surface area contributed by atoms with E-state index in [9.17, 15) is 0 Å². The molecule has 0 unspecified atom stereocenters. The highest BCUT2D eigenvalue weighted by atomic mass is 32.2. The summed E-state index contributed by atoms with van der Waals surface area (Å²) in [6.45, 7) is 2.13. The SMILES string of the molecule is CCc1nc(CSCc2nnc(Cc3ccccc3)o2)cs1. The summed E-state index contributed by atoms with van der Waals surface area (Å²) < 4.78 is 5.69. The van der Waals surface area contributed by atoms with E-state index in [1.807, 2.05) is 18.2 Å². The van der Waals surface area contributed by atoms with Crippen molar-refractivity contribution in [2.24, 2.45) is 0 Å². The molecule has 0 aliphatic heterocycles. The van der Waals surface area contributed by atoms with Crippen LogP contribution >= 0.6 is 23.1 Å². The molecule has 3 rings (SSSR count). The first-order valence-corrected chi connectivity index (χ1v) is 9.23. The number of aromatic nitrogens is 3. The van der Waals surface area contributed by atoms with E-state index in [2.05, 4.69) is 39.6 Å². The molecule has 0 saturated carbocycles. The van der Waals surface area contributed by atoms with Crippen LogP contribution in [0.25, 0.3) is 0 Å². The normalized spacial score (nSPS) is 11.0. The lowest BCUT2D eigenvalue weighted by Crippen LogP contribution is -1.87. The Kier molecular flexibility index (Phi) is 5.24. The van der Waals surface area contributed by atoms with Gasteiger partial charge in [0, 0.05) is 11.1 Å².